The lowest BCUT2D eigenvalue weighted by atomic mass is 10.1. The van der Waals surface area contributed by atoms with Gasteiger partial charge in [0.25, 0.3) is 0 Å². The zero-order chi connectivity index (χ0) is 14.6. The number of rotatable bonds is 11. The summed E-state index contributed by atoms with van der Waals surface area (Å²) >= 11 is 0. The van der Waals surface area contributed by atoms with Crippen LogP contribution < -0.4 is 0 Å². The van der Waals surface area contributed by atoms with E-state index in [1.54, 1.807) is 0 Å². The van der Waals surface area contributed by atoms with Crippen molar-refractivity contribution in [3.05, 3.63) is 23.3 Å². The first-order chi connectivity index (χ1) is 9.80. The average molecular weight is 276 g/mol. The van der Waals surface area contributed by atoms with E-state index in [0.29, 0.717) is 0 Å². The quantitative estimate of drug-likeness (QED) is 0.513. The molecule has 0 radical (unpaired) electrons. The van der Waals surface area contributed by atoms with Gasteiger partial charge in [-0.15, -0.1) is 0 Å². The van der Waals surface area contributed by atoms with Gasteiger partial charge in [-0.3, -0.25) is 0 Å². The first-order valence-electron chi connectivity index (χ1n) is 8.65. The number of hydrogen-bond donors (Lipinski definition) is 0. The predicted molar refractivity (Wildman–Crippen MR) is 87.1 cm³/mol. The van der Waals surface area contributed by atoms with Crippen molar-refractivity contribution < 1.29 is 0 Å². The Hall–Kier alpha value is -0.920. The molecule has 2 heteroatoms. The molecule has 0 spiro atoms. The van der Waals surface area contributed by atoms with E-state index < -0.39 is 0 Å². The minimum Gasteiger partial charge on any atom is -0.238 e. The fourth-order valence-electron chi connectivity index (χ4n) is 2.43. The highest BCUT2D eigenvalue weighted by atomic mass is 14.9. The second kappa shape index (κ2) is 10.8. The van der Waals surface area contributed by atoms with Crippen molar-refractivity contribution in [1.82, 2.24) is 9.97 Å². The summed E-state index contributed by atoms with van der Waals surface area (Å²) in [7, 11) is 0. The predicted octanol–water partition coefficient (Wildman–Crippen LogP) is 5.28. The second-order valence-electron chi connectivity index (χ2n) is 5.78. The lowest BCUT2D eigenvalue weighted by Gasteiger charge is -2.08. The third kappa shape index (κ3) is 7.02. The Kier molecular flexibility index (Phi) is 9.27. The van der Waals surface area contributed by atoms with Crippen LogP contribution in [0.25, 0.3) is 0 Å². The van der Waals surface area contributed by atoms with E-state index >= 15 is 0 Å². The molecule has 1 aromatic heterocycles. The molecule has 0 aliphatic carbocycles. The fraction of sp³-hybridized carbons (Fsp3) is 0.778. The summed E-state index contributed by atoms with van der Waals surface area (Å²) < 4.78 is 0. The molecule has 0 aliphatic rings. The Morgan fingerprint density at radius 1 is 0.650 bits per heavy atom. The van der Waals surface area contributed by atoms with Crippen molar-refractivity contribution in [3.63, 3.8) is 0 Å². The Bertz CT molecular complexity index is 332. The monoisotopic (exact) mass is 276 g/mol. The van der Waals surface area contributed by atoms with E-state index in [-0.39, 0.29) is 0 Å². The zero-order valence-electron chi connectivity index (χ0n) is 13.7. The van der Waals surface area contributed by atoms with Gasteiger partial charge in [-0.25, -0.2) is 9.97 Å². The lowest BCUT2D eigenvalue weighted by molar-refractivity contribution is 0.671. The van der Waals surface area contributed by atoms with Gasteiger partial charge in [0.1, 0.15) is 5.82 Å². The normalized spacial score (nSPS) is 10.9. The van der Waals surface area contributed by atoms with Crippen LogP contribution in [0.15, 0.2) is 6.07 Å². The molecular formula is C18H32N2. The van der Waals surface area contributed by atoms with E-state index in [2.05, 4.69) is 26.8 Å². The summed E-state index contributed by atoms with van der Waals surface area (Å²) in [5.74, 6) is 1.08. The maximum Gasteiger partial charge on any atom is 0.128 e. The average Bonchev–Trinajstić information content (AvgIpc) is 2.46. The van der Waals surface area contributed by atoms with Crippen molar-refractivity contribution in [2.75, 3.05) is 0 Å². The molecule has 0 bridgehead atoms. The van der Waals surface area contributed by atoms with Crippen LogP contribution in [0.5, 0.6) is 0 Å². The number of aromatic nitrogens is 2. The Morgan fingerprint density at radius 2 is 1.15 bits per heavy atom. The molecule has 0 atom stereocenters. The highest BCUT2D eigenvalue weighted by Gasteiger charge is 2.05. The summed E-state index contributed by atoms with van der Waals surface area (Å²) in [5.41, 5.74) is 2.54. The van der Waals surface area contributed by atoms with Crippen molar-refractivity contribution in [2.24, 2.45) is 0 Å². The van der Waals surface area contributed by atoms with Crippen LogP contribution in [0.1, 0.15) is 89.4 Å². The standard InChI is InChI=1S/C18H32N2/c1-4-7-10-12-16-15-17(13-11-8-5-2)20-18(19-16)14-9-6-3/h15H,4-14H2,1-3H3. The molecule has 0 unspecified atom stereocenters. The van der Waals surface area contributed by atoms with Gasteiger partial charge >= 0.3 is 0 Å². The van der Waals surface area contributed by atoms with Crippen LogP contribution in [0.4, 0.5) is 0 Å². The maximum absolute atomic E-state index is 4.76. The summed E-state index contributed by atoms with van der Waals surface area (Å²) in [6, 6.07) is 2.25. The number of aryl methyl sites for hydroxylation is 3. The topological polar surface area (TPSA) is 25.8 Å². The van der Waals surface area contributed by atoms with E-state index in [1.807, 2.05) is 0 Å². The molecule has 20 heavy (non-hydrogen) atoms. The Morgan fingerprint density at radius 3 is 1.60 bits per heavy atom. The Labute approximate surface area is 125 Å². The van der Waals surface area contributed by atoms with E-state index in [4.69, 9.17) is 9.97 Å². The largest absolute Gasteiger partial charge is 0.238 e. The molecule has 1 aromatic rings. The van der Waals surface area contributed by atoms with Gasteiger partial charge < -0.3 is 0 Å². The SMILES string of the molecule is CCCCCc1cc(CCCCC)nc(CCCC)n1. The van der Waals surface area contributed by atoms with Crippen LogP contribution in [0, 0.1) is 0 Å². The maximum atomic E-state index is 4.76. The summed E-state index contributed by atoms with van der Waals surface area (Å²) in [6.45, 7) is 6.74. The molecule has 0 N–H and O–H groups in total. The van der Waals surface area contributed by atoms with Gasteiger partial charge in [0, 0.05) is 17.8 Å². The van der Waals surface area contributed by atoms with Crippen LogP contribution in [-0.2, 0) is 19.3 Å². The Balaban J connectivity index is 2.67. The van der Waals surface area contributed by atoms with Gasteiger partial charge in [0.2, 0.25) is 0 Å². The minimum atomic E-state index is 1.04. The van der Waals surface area contributed by atoms with E-state index in [0.717, 1.165) is 25.1 Å². The molecule has 1 heterocycles. The van der Waals surface area contributed by atoms with Gasteiger partial charge in [0.05, 0.1) is 0 Å². The van der Waals surface area contributed by atoms with Gasteiger partial charge in [-0.1, -0.05) is 52.9 Å². The molecule has 0 saturated carbocycles. The zero-order valence-corrected chi connectivity index (χ0v) is 13.7. The van der Waals surface area contributed by atoms with Gasteiger partial charge in [0.15, 0.2) is 0 Å². The second-order valence-corrected chi connectivity index (χ2v) is 5.78. The molecular weight excluding hydrogens is 244 g/mol. The molecule has 0 fully saturated rings. The summed E-state index contributed by atoms with van der Waals surface area (Å²) in [5, 5.41) is 0. The lowest BCUT2D eigenvalue weighted by Crippen LogP contribution is -2.04. The van der Waals surface area contributed by atoms with Crippen molar-refractivity contribution in [1.29, 1.82) is 0 Å². The number of hydrogen-bond acceptors (Lipinski definition) is 2. The molecule has 0 saturated heterocycles. The minimum absolute atomic E-state index is 1.04. The van der Waals surface area contributed by atoms with Crippen LogP contribution >= 0.6 is 0 Å². The van der Waals surface area contributed by atoms with Crippen LogP contribution in [-0.4, -0.2) is 9.97 Å². The van der Waals surface area contributed by atoms with E-state index in [9.17, 15) is 0 Å². The third-order valence-electron chi connectivity index (χ3n) is 3.71. The van der Waals surface area contributed by atoms with Gasteiger partial charge in [-0.2, -0.15) is 0 Å². The third-order valence-corrected chi connectivity index (χ3v) is 3.71. The molecule has 114 valence electrons. The molecule has 2 nitrogen and oxygen atoms in total. The molecule has 0 aromatic carbocycles. The van der Waals surface area contributed by atoms with Crippen LogP contribution in [0.2, 0.25) is 0 Å². The summed E-state index contributed by atoms with van der Waals surface area (Å²) in [6.07, 6.45) is 13.4. The van der Waals surface area contributed by atoms with E-state index in [1.165, 1.54) is 62.8 Å². The first-order valence-corrected chi connectivity index (χ1v) is 8.65. The fourth-order valence-corrected chi connectivity index (χ4v) is 2.43. The van der Waals surface area contributed by atoms with Crippen LogP contribution in [0.3, 0.4) is 0 Å². The molecule has 1 rings (SSSR count). The van der Waals surface area contributed by atoms with Crippen molar-refractivity contribution >= 4 is 0 Å². The number of unbranched alkanes of at least 4 members (excludes halogenated alkanes) is 5. The highest BCUT2D eigenvalue weighted by molar-refractivity contribution is 5.12. The molecule has 0 aliphatic heterocycles. The molecule has 0 amide bonds. The smallest absolute Gasteiger partial charge is 0.128 e. The summed E-state index contributed by atoms with van der Waals surface area (Å²) in [4.78, 5) is 9.52. The van der Waals surface area contributed by atoms with Crippen molar-refractivity contribution in [3.8, 4) is 0 Å². The number of nitrogens with zero attached hydrogens (tertiary/aromatic N) is 2. The van der Waals surface area contributed by atoms with Crippen molar-refractivity contribution in [2.45, 2.75) is 91.4 Å². The highest BCUT2D eigenvalue weighted by Crippen LogP contribution is 2.11. The first kappa shape index (κ1) is 17.1. The van der Waals surface area contributed by atoms with Gasteiger partial charge in [-0.05, 0) is 38.2 Å².